The second kappa shape index (κ2) is 5.26. The van der Waals surface area contributed by atoms with E-state index in [1.54, 1.807) is 12.3 Å². The smallest absolute Gasteiger partial charge is 0.410 e. The van der Waals surface area contributed by atoms with Crippen molar-refractivity contribution in [2.24, 2.45) is 0 Å². The van der Waals surface area contributed by atoms with E-state index in [2.05, 4.69) is 9.88 Å². The van der Waals surface area contributed by atoms with Gasteiger partial charge in [-0.05, 0) is 39.3 Å². The van der Waals surface area contributed by atoms with Gasteiger partial charge >= 0.3 is 6.09 Å². The topological polar surface area (TPSA) is 62.7 Å². The van der Waals surface area contributed by atoms with Gasteiger partial charge in [0.2, 0.25) is 0 Å². The summed E-state index contributed by atoms with van der Waals surface area (Å²) in [5.41, 5.74) is 0.970. The second-order valence-corrected chi connectivity index (χ2v) is 6.89. The van der Waals surface area contributed by atoms with E-state index in [-0.39, 0.29) is 12.1 Å². The lowest BCUT2D eigenvalue weighted by atomic mass is 10.2. The molecule has 0 unspecified atom stereocenters. The average Bonchev–Trinajstić information content (AvgIpc) is 3.05. The monoisotopic (exact) mass is 303 g/mol. The van der Waals surface area contributed by atoms with E-state index in [4.69, 9.17) is 4.74 Å². The van der Waals surface area contributed by atoms with Gasteiger partial charge in [-0.3, -0.25) is 9.78 Å². The molecule has 6 heteroatoms. The highest BCUT2D eigenvalue weighted by molar-refractivity contribution is 5.73. The number of pyridine rings is 1. The van der Waals surface area contributed by atoms with Gasteiger partial charge < -0.3 is 14.5 Å². The van der Waals surface area contributed by atoms with E-state index in [0.29, 0.717) is 18.3 Å². The van der Waals surface area contributed by atoms with Crippen LogP contribution in [0.25, 0.3) is 0 Å². The number of ether oxygens (including phenoxy) is 1. The molecule has 1 amide bonds. The van der Waals surface area contributed by atoms with E-state index in [1.807, 2.05) is 31.7 Å². The summed E-state index contributed by atoms with van der Waals surface area (Å²) in [6, 6.07) is 4.11. The standard InChI is InChI=1S/C16H21N3O3/c1-16(2,3)22-15(21)19-9-13-6-14(19)8-18(13)12-5-4-11(10-20)17-7-12/h4-5,7,10,13-14H,6,8-9H2,1-3H3/t13-,14-/m0/s1. The highest BCUT2D eigenvalue weighted by Gasteiger charge is 2.46. The fourth-order valence-corrected chi connectivity index (χ4v) is 3.16. The van der Waals surface area contributed by atoms with Crippen LogP contribution in [0.3, 0.4) is 0 Å². The molecule has 0 spiro atoms. The van der Waals surface area contributed by atoms with Gasteiger partial charge in [-0.15, -0.1) is 0 Å². The summed E-state index contributed by atoms with van der Waals surface area (Å²) in [6.45, 7) is 7.10. The Kier molecular flexibility index (Phi) is 3.54. The van der Waals surface area contributed by atoms with E-state index in [0.717, 1.165) is 24.9 Å². The van der Waals surface area contributed by atoms with Crippen molar-refractivity contribution >= 4 is 18.1 Å². The van der Waals surface area contributed by atoms with E-state index >= 15 is 0 Å². The number of amides is 1. The average molecular weight is 303 g/mol. The number of aldehydes is 1. The van der Waals surface area contributed by atoms with Crippen LogP contribution in [0.5, 0.6) is 0 Å². The molecular weight excluding hydrogens is 282 g/mol. The third-order valence-corrected chi connectivity index (χ3v) is 4.09. The molecule has 0 aliphatic carbocycles. The molecule has 2 aliphatic heterocycles. The maximum atomic E-state index is 12.2. The molecule has 2 atom stereocenters. The summed E-state index contributed by atoms with van der Waals surface area (Å²) in [7, 11) is 0. The Morgan fingerprint density at radius 3 is 2.59 bits per heavy atom. The number of piperazine rings is 1. The highest BCUT2D eigenvalue weighted by Crippen LogP contribution is 2.35. The molecule has 6 nitrogen and oxygen atoms in total. The van der Waals surface area contributed by atoms with Crippen molar-refractivity contribution in [3.05, 3.63) is 24.0 Å². The normalized spacial score (nSPS) is 23.8. The van der Waals surface area contributed by atoms with Crippen molar-refractivity contribution in [3.8, 4) is 0 Å². The molecule has 2 saturated heterocycles. The first kappa shape index (κ1) is 14.8. The first-order valence-corrected chi connectivity index (χ1v) is 7.55. The van der Waals surface area contributed by atoms with Crippen LogP contribution in [-0.4, -0.2) is 53.0 Å². The van der Waals surface area contributed by atoms with Crippen LogP contribution in [0.15, 0.2) is 18.3 Å². The van der Waals surface area contributed by atoms with Crippen LogP contribution in [0.4, 0.5) is 10.5 Å². The number of anilines is 1. The Labute approximate surface area is 130 Å². The summed E-state index contributed by atoms with van der Waals surface area (Å²) < 4.78 is 5.46. The van der Waals surface area contributed by atoms with E-state index in [1.165, 1.54) is 0 Å². The lowest BCUT2D eigenvalue weighted by Crippen LogP contribution is -2.50. The van der Waals surface area contributed by atoms with Crippen LogP contribution >= 0.6 is 0 Å². The highest BCUT2D eigenvalue weighted by atomic mass is 16.6. The van der Waals surface area contributed by atoms with Gasteiger partial charge in [-0.25, -0.2) is 4.79 Å². The van der Waals surface area contributed by atoms with Crippen molar-refractivity contribution < 1.29 is 14.3 Å². The summed E-state index contributed by atoms with van der Waals surface area (Å²) in [6.07, 6.45) is 3.19. The molecule has 118 valence electrons. The molecule has 2 aliphatic rings. The van der Waals surface area contributed by atoms with Crippen molar-refractivity contribution in [1.29, 1.82) is 0 Å². The zero-order chi connectivity index (χ0) is 15.9. The minimum atomic E-state index is -0.465. The van der Waals surface area contributed by atoms with Crippen LogP contribution in [0, 0.1) is 0 Å². The van der Waals surface area contributed by atoms with Crippen molar-refractivity contribution in [2.75, 3.05) is 18.0 Å². The van der Waals surface area contributed by atoms with Gasteiger partial charge in [-0.2, -0.15) is 0 Å². The zero-order valence-electron chi connectivity index (χ0n) is 13.2. The van der Waals surface area contributed by atoms with Crippen molar-refractivity contribution in [2.45, 2.75) is 44.9 Å². The Hall–Kier alpha value is -2.11. The van der Waals surface area contributed by atoms with Gasteiger partial charge in [0.1, 0.15) is 11.3 Å². The predicted octanol–water partition coefficient (Wildman–Crippen LogP) is 2.09. The molecule has 2 fully saturated rings. The van der Waals surface area contributed by atoms with Crippen molar-refractivity contribution in [1.82, 2.24) is 9.88 Å². The minimum absolute atomic E-state index is 0.186. The SMILES string of the molecule is CC(C)(C)OC(=O)N1C[C@@H]2C[C@H]1CN2c1ccc(C=O)nc1. The molecule has 0 saturated carbocycles. The quantitative estimate of drug-likeness (QED) is 0.783. The number of carbonyl (C=O) groups is 2. The number of nitrogens with zero attached hydrogens (tertiary/aromatic N) is 3. The largest absolute Gasteiger partial charge is 0.444 e. The van der Waals surface area contributed by atoms with Gasteiger partial charge in [0.15, 0.2) is 6.29 Å². The molecule has 1 aromatic heterocycles. The van der Waals surface area contributed by atoms with Crippen LogP contribution in [0.1, 0.15) is 37.7 Å². The maximum absolute atomic E-state index is 12.2. The zero-order valence-corrected chi connectivity index (χ0v) is 13.2. The van der Waals surface area contributed by atoms with Crippen LogP contribution in [-0.2, 0) is 4.74 Å². The molecule has 22 heavy (non-hydrogen) atoms. The molecule has 1 aromatic rings. The second-order valence-electron chi connectivity index (χ2n) is 6.89. The summed E-state index contributed by atoms with van der Waals surface area (Å²) in [5, 5.41) is 0. The molecule has 0 aromatic carbocycles. The lowest BCUT2D eigenvalue weighted by Gasteiger charge is -2.36. The Balaban J connectivity index is 1.66. The number of likely N-dealkylation sites (tertiary alicyclic amines) is 1. The summed E-state index contributed by atoms with van der Waals surface area (Å²) in [4.78, 5) is 31.1. The van der Waals surface area contributed by atoms with Crippen LogP contribution < -0.4 is 4.90 Å². The number of fused-ring (bicyclic) bond motifs is 2. The number of aromatic nitrogens is 1. The van der Waals surface area contributed by atoms with Crippen molar-refractivity contribution in [3.63, 3.8) is 0 Å². The number of carbonyl (C=O) groups excluding carboxylic acids is 2. The number of hydrogen-bond donors (Lipinski definition) is 0. The fraction of sp³-hybridized carbons (Fsp3) is 0.562. The van der Waals surface area contributed by atoms with Gasteiger partial charge in [0, 0.05) is 19.1 Å². The van der Waals surface area contributed by atoms with Crippen LogP contribution in [0.2, 0.25) is 0 Å². The number of rotatable bonds is 2. The molecule has 0 N–H and O–H groups in total. The molecule has 3 heterocycles. The van der Waals surface area contributed by atoms with E-state index in [9.17, 15) is 9.59 Å². The molecule has 0 radical (unpaired) electrons. The predicted molar refractivity (Wildman–Crippen MR) is 82.1 cm³/mol. The van der Waals surface area contributed by atoms with E-state index < -0.39 is 5.60 Å². The number of hydrogen-bond acceptors (Lipinski definition) is 5. The van der Waals surface area contributed by atoms with Gasteiger partial charge in [0.05, 0.1) is 17.9 Å². The molecular formula is C16H21N3O3. The first-order valence-electron chi connectivity index (χ1n) is 7.55. The minimum Gasteiger partial charge on any atom is -0.444 e. The Bertz CT molecular complexity index is 579. The van der Waals surface area contributed by atoms with Gasteiger partial charge in [0.25, 0.3) is 0 Å². The van der Waals surface area contributed by atoms with Gasteiger partial charge in [-0.1, -0.05) is 0 Å². The molecule has 3 rings (SSSR count). The first-order chi connectivity index (χ1) is 10.4. The molecule has 2 bridgehead atoms. The summed E-state index contributed by atoms with van der Waals surface area (Å²) in [5.74, 6) is 0. The third-order valence-electron chi connectivity index (χ3n) is 4.09. The third kappa shape index (κ3) is 2.77. The maximum Gasteiger partial charge on any atom is 0.410 e. The Morgan fingerprint density at radius 2 is 2.09 bits per heavy atom. The Morgan fingerprint density at radius 1 is 1.32 bits per heavy atom. The fourth-order valence-electron chi connectivity index (χ4n) is 3.16. The lowest BCUT2D eigenvalue weighted by molar-refractivity contribution is 0.0214. The summed E-state index contributed by atoms with van der Waals surface area (Å²) >= 11 is 0.